The monoisotopic (exact) mass is 340 g/mol. The molecule has 3 rings (SSSR count). The van der Waals surface area contributed by atoms with Crippen LogP contribution in [-0.4, -0.2) is 45.2 Å². The molecule has 0 unspecified atom stereocenters. The van der Waals surface area contributed by atoms with E-state index in [2.05, 4.69) is 4.98 Å². The van der Waals surface area contributed by atoms with Gasteiger partial charge in [0.05, 0.1) is 25.5 Å². The van der Waals surface area contributed by atoms with E-state index in [9.17, 15) is 14.7 Å². The number of ether oxygens (including phenoxy) is 2. The van der Waals surface area contributed by atoms with Gasteiger partial charge in [-0.1, -0.05) is 19.3 Å². The van der Waals surface area contributed by atoms with Crippen LogP contribution in [0.25, 0.3) is 0 Å². The van der Waals surface area contributed by atoms with Gasteiger partial charge in [-0.25, -0.2) is 4.79 Å². The molecular weight excluding hydrogens is 316 g/mol. The number of H-pyrrole nitrogens is 1. The zero-order valence-corrected chi connectivity index (χ0v) is 13.5. The lowest BCUT2D eigenvalue weighted by molar-refractivity contribution is -0.0461. The average molecular weight is 340 g/mol. The molecule has 1 saturated heterocycles. The number of hydrogen-bond acceptors (Lipinski definition) is 6. The minimum absolute atomic E-state index is 0.0747. The Balaban J connectivity index is 1.74. The highest BCUT2D eigenvalue weighted by molar-refractivity contribution is 5.12. The number of aliphatic hydroxyl groups is 2. The highest BCUT2D eigenvalue weighted by atomic mass is 16.5. The molecule has 3 atom stereocenters. The van der Waals surface area contributed by atoms with Gasteiger partial charge in [-0.3, -0.25) is 14.3 Å². The van der Waals surface area contributed by atoms with Gasteiger partial charge in [-0.15, -0.1) is 0 Å². The van der Waals surface area contributed by atoms with Gasteiger partial charge < -0.3 is 19.7 Å². The smallest absolute Gasteiger partial charge is 0.330 e. The Morgan fingerprint density at radius 3 is 2.71 bits per heavy atom. The minimum atomic E-state index is -0.856. The van der Waals surface area contributed by atoms with Gasteiger partial charge >= 0.3 is 5.69 Å². The molecule has 8 nitrogen and oxygen atoms in total. The van der Waals surface area contributed by atoms with Gasteiger partial charge in [0.1, 0.15) is 12.3 Å². The molecule has 1 saturated carbocycles. The number of nitrogens with zero attached hydrogens (tertiary/aromatic N) is 1. The number of aromatic amines is 1. The highest BCUT2D eigenvalue weighted by Crippen LogP contribution is 2.28. The normalized spacial score (nSPS) is 28.2. The second-order valence-corrected chi connectivity index (χ2v) is 6.59. The van der Waals surface area contributed by atoms with Gasteiger partial charge in [0.25, 0.3) is 5.56 Å². The average Bonchev–Trinajstić information content (AvgIpc) is 2.95. The van der Waals surface area contributed by atoms with Crippen LogP contribution in [0.15, 0.2) is 15.8 Å². The van der Waals surface area contributed by atoms with Crippen molar-refractivity contribution in [2.24, 2.45) is 5.92 Å². The molecule has 1 aliphatic heterocycles. The van der Waals surface area contributed by atoms with E-state index in [1.807, 2.05) is 0 Å². The van der Waals surface area contributed by atoms with E-state index in [-0.39, 0.29) is 18.8 Å². The minimum Gasteiger partial charge on any atom is -0.486 e. The van der Waals surface area contributed by atoms with E-state index in [1.165, 1.54) is 30.0 Å². The second kappa shape index (κ2) is 7.50. The number of hydrogen-bond donors (Lipinski definition) is 3. The maximum atomic E-state index is 12.0. The molecule has 1 aromatic rings. The second-order valence-electron chi connectivity index (χ2n) is 6.59. The fourth-order valence-corrected chi connectivity index (χ4v) is 3.40. The fourth-order valence-electron chi connectivity index (χ4n) is 3.40. The third-order valence-corrected chi connectivity index (χ3v) is 4.83. The zero-order valence-electron chi connectivity index (χ0n) is 13.5. The summed E-state index contributed by atoms with van der Waals surface area (Å²) in [5.41, 5.74) is -1.19. The fraction of sp³-hybridized carbons (Fsp3) is 0.750. The van der Waals surface area contributed by atoms with Crippen molar-refractivity contribution in [3.05, 3.63) is 27.0 Å². The van der Waals surface area contributed by atoms with Gasteiger partial charge in [0.2, 0.25) is 5.75 Å². The molecule has 0 spiro atoms. The van der Waals surface area contributed by atoms with Crippen LogP contribution in [0, 0.1) is 5.92 Å². The van der Waals surface area contributed by atoms with E-state index in [0.717, 1.165) is 12.8 Å². The molecule has 1 aromatic heterocycles. The molecule has 8 heteroatoms. The Morgan fingerprint density at radius 1 is 1.29 bits per heavy atom. The van der Waals surface area contributed by atoms with Crippen LogP contribution in [0.2, 0.25) is 0 Å². The summed E-state index contributed by atoms with van der Waals surface area (Å²) < 4.78 is 12.3. The predicted octanol–water partition coefficient (Wildman–Crippen LogP) is 0.136. The summed E-state index contributed by atoms with van der Waals surface area (Å²) in [6.45, 7) is 0.121. The number of nitrogens with one attached hydrogen (secondary N) is 1. The van der Waals surface area contributed by atoms with E-state index in [4.69, 9.17) is 14.6 Å². The molecule has 1 aliphatic carbocycles. The molecule has 0 aromatic carbocycles. The van der Waals surface area contributed by atoms with E-state index in [1.54, 1.807) is 0 Å². The molecule has 24 heavy (non-hydrogen) atoms. The highest BCUT2D eigenvalue weighted by Gasteiger charge is 2.35. The topological polar surface area (TPSA) is 114 Å². The first-order chi connectivity index (χ1) is 11.6. The number of aromatic nitrogens is 2. The van der Waals surface area contributed by atoms with E-state index < -0.39 is 29.7 Å². The lowest BCUT2D eigenvalue weighted by Crippen LogP contribution is -2.33. The maximum absolute atomic E-state index is 12.0. The van der Waals surface area contributed by atoms with Gasteiger partial charge in [-0.2, -0.15) is 0 Å². The molecule has 0 radical (unpaired) electrons. The summed E-state index contributed by atoms with van der Waals surface area (Å²) in [5.74, 6) is 0.507. The van der Waals surface area contributed by atoms with Crippen molar-refractivity contribution < 1.29 is 19.7 Å². The third kappa shape index (κ3) is 3.71. The summed E-state index contributed by atoms with van der Waals surface area (Å²) in [4.78, 5) is 26.2. The van der Waals surface area contributed by atoms with Crippen molar-refractivity contribution in [3.63, 3.8) is 0 Å². The van der Waals surface area contributed by atoms with Crippen LogP contribution in [0.5, 0.6) is 5.75 Å². The Hall–Kier alpha value is -1.64. The van der Waals surface area contributed by atoms with Crippen molar-refractivity contribution in [1.29, 1.82) is 0 Å². The van der Waals surface area contributed by atoms with E-state index >= 15 is 0 Å². The van der Waals surface area contributed by atoms with Gasteiger partial charge in [0, 0.05) is 6.42 Å². The van der Waals surface area contributed by atoms with Gasteiger partial charge in [-0.05, 0) is 18.8 Å². The van der Waals surface area contributed by atoms with Crippen molar-refractivity contribution >= 4 is 0 Å². The molecule has 0 bridgehead atoms. The standard InChI is InChI=1S/C16H24N2O6/c19-8-13-11(20)6-14(24-13)18-7-12(15(21)17-16(18)22)23-9-10-4-2-1-3-5-10/h7,10-11,13-14,19-20H,1-6,8-9H2,(H,17,21,22)/t11-,13+,14+/m1/s1. The van der Waals surface area contributed by atoms with E-state index in [0.29, 0.717) is 12.5 Å². The van der Waals surface area contributed by atoms with Crippen molar-refractivity contribution in [2.75, 3.05) is 13.2 Å². The SMILES string of the molecule is O=c1[nH]c(=O)n([C@@H]2C[C@@H](O)[C@H](CO)O2)cc1OCC1CCCCC1. The third-order valence-electron chi connectivity index (χ3n) is 4.83. The molecule has 2 fully saturated rings. The first-order valence-corrected chi connectivity index (χ1v) is 8.51. The van der Waals surface area contributed by atoms with Crippen molar-refractivity contribution in [3.8, 4) is 5.75 Å². The van der Waals surface area contributed by atoms with Crippen LogP contribution >= 0.6 is 0 Å². The summed E-state index contributed by atoms with van der Waals surface area (Å²) in [6, 6.07) is 0. The van der Waals surface area contributed by atoms with Crippen LogP contribution < -0.4 is 16.0 Å². The molecule has 134 valence electrons. The first kappa shape index (κ1) is 17.2. The number of rotatable bonds is 5. The molecule has 0 amide bonds. The lowest BCUT2D eigenvalue weighted by Gasteiger charge is -2.21. The molecule has 3 N–H and O–H groups in total. The van der Waals surface area contributed by atoms with Crippen LogP contribution in [0.1, 0.15) is 44.8 Å². The summed E-state index contributed by atoms with van der Waals surface area (Å²) in [7, 11) is 0. The summed E-state index contributed by atoms with van der Waals surface area (Å²) >= 11 is 0. The quantitative estimate of drug-likeness (QED) is 0.702. The van der Waals surface area contributed by atoms with Crippen molar-refractivity contribution in [1.82, 2.24) is 9.55 Å². The molecular formula is C16H24N2O6. The summed E-state index contributed by atoms with van der Waals surface area (Å²) in [6.07, 6.45) is 4.96. The van der Waals surface area contributed by atoms with Gasteiger partial charge in [0.15, 0.2) is 0 Å². The Kier molecular flexibility index (Phi) is 5.37. The Bertz CT molecular complexity index is 663. The Morgan fingerprint density at radius 2 is 2.04 bits per heavy atom. The number of aliphatic hydroxyl groups excluding tert-OH is 2. The zero-order chi connectivity index (χ0) is 17.1. The van der Waals surface area contributed by atoms with Crippen LogP contribution in [-0.2, 0) is 4.74 Å². The molecule has 2 aliphatic rings. The Labute approximate surface area is 139 Å². The van der Waals surface area contributed by atoms with Crippen LogP contribution in [0.4, 0.5) is 0 Å². The molecule has 2 heterocycles. The largest absolute Gasteiger partial charge is 0.486 e. The van der Waals surface area contributed by atoms with Crippen molar-refractivity contribution in [2.45, 2.75) is 57.0 Å². The predicted molar refractivity (Wildman–Crippen MR) is 85.0 cm³/mol. The summed E-state index contributed by atoms with van der Waals surface area (Å²) in [5, 5.41) is 18.9. The maximum Gasteiger partial charge on any atom is 0.330 e. The lowest BCUT2D eigenvalue weighted by atomic mass is 9.90. The first-order valence-electron chi connectivity index (χ1n) is 8.51. The van der Waals surface area contributed by atoms with Crippen LogP contribution in [0.3, 0.4) is 0 Å².